The van der Waals surface area contributed by atoms with Crippen molar-refractivity contribution in [3.8, 4) is 11.8 Å². The Morgan fingerprint density at radius 3 is 2.55 bits per heavy atom. The zero-order chi connectivity index (χ0) is 15.1. The Morgan fingerprint density at radius 2 is 1.90 bits per heavy atom. The third-order valence-electron chi connectivity index (χ3n) is 2.58. The monoisotopic (exact) mass is 320 g/mol. The van der Waals surface area contributed by atoms with Crippen LogP contribution in [0.2, 0.25) is 0 Å². The van der Waals surface area contributed by atoms with Crippen LogP contribution in [-0.4, -0.2) is 42.3 Å². The minimum atomic E-state index is -0.614. The molecule has 0 aliphatic heterocycles. The van der Waals surface area contributed by atoms with Crippen LogP contribution < -0.4 is 0 Å². The molecule has 1 unspecified atom stereocenters. The zero-order valence-corrected chi connectivity index (χ0v) is 14.1. The van der Waals surface area contributed by atoms with Gasteiger partial charge in [-0.25, -0.2) is 4.39 Å². The summed E-state index contributed by atoms with van der Waals surface area (Å²) in [5.74, 6) is 8.75. The highest BCUT2D eigenvalue weighted by atomic mass is 32.2. The van der Waals surface area contributed by atoms with Crippen molar-refractivity contribution in [3.63, 3.8) is 0 Å². The molecule has 2 nitrogen and oxygen atoms in total. The second-order valence-corrected chi connectivity index (χ2v) is 6.45. The molecule has 0 saturated heterocycles. The number of hydrogen-bond donors (Lipinski definition) is 0. The molecule has 0 bridgehead atoms. The maximum absolute atomic E-state index is 13.2. The lowest BCUT2D eigenvalue weighted by atomic mass is 10.1. The van der Waals surface area contributed by atoms with Gasteiger partial charge in [0.1, 0.15) is 6.17 Å². The number of methoxy groups -OCH3 is 1. The van der Waals surface area contributed by atoms with E-state index in [0.29, 0.717) is 24.3 Å². The smallest absolute Gasteiger partial charge is 0.315 e. The van der Waals surface area contributed by atoms with Crippen LogP contribution in [0.25, 0.3) is 0 Å². The Bertz CT molecular complexity index is 300. The van der Waals surface area contributed by atoms with Crippen molar-refractivity contribution >= 4 is 29.5 Å². The summed E-state index contributed by atoms with van der Waals surface area (Å²) in [6, 6.07) is 0. The van der Waals surface area contributed by atoms with E-state index in [1.54, 1.807) is 11.8 Å². The molecule has 0 aromatic rings. The number of esters is 1. The first-order valence-electron chi connectivity index (χ1n) is 7.02. The van der Waals surface area contributed by atoms with Crippen molar-refractivity contribution in [1.82, 2.24) is 0 Å². The summed E-state index contributed by atoms with van der Waals surface area (Å²) in [6.45, 7) is 2.02. The van der Waals surface area contributed by atoms with Crippen LogP contribution in [0.15, 0.2) is 0 Å². The third kappa shape index (κ3) is 14.1. The molecule has 0 rings (SSSR count). The fourth-order valence-corrected chi connectivity index (χ4v) is 2.84. The highest BCUT2D eigenvalue weighted by Crippen LogP contribution is 2.12. The fourth-order valence-electron chi connectivity index (χ4n) is 1.50. The van der Waals surface area contributed by atoms with Gasteiger partial charge >= 0.3 is 5.97 Å². The van der Waals surface area contributed by atoms with Crippen molar-refractivity contribution in [2.24, 2.45) is 0 Å². The van der Waals surface area contributed by atoms with Crippen LogP contribution in [0.5, 0.6) is 0 Å². The van der Waals surface area contributed by atoms with Crippen molar-refractivity contribution in [2.45, 2.75) is 45.2 Å². The Kier molecular flexibility index (Phi) is 14.8. The second-order valence-electron chi connectivity index (χ2n) is 4.36. The third-order valence-corrected chi connectivity index (χ3v) is 4.29. The molecule has 5 heteroatoms. The number of alkyl halides is 1. The van der Waals surface area contributed by atoms with Gasteiger partial charge in [0, 0.05) is 0 Å². The lowest BCUT2D eigenvalue weighted by Gasteiger charge is -2.05. The molecule has 0 spiro atoms. The van der Waals surface area contributed by atoms with Crippen LogP contribution in [0.4, 0.5) is 4.39 Å². The van der Waals surface area contributed by atoms with Gasteiger partial charge in [0.15, 0.2) is 0 Å². The molecule has 0 heterocycles. The highest BCUT2D eigenvalue weighted by molar-refractivity contribution is 8.00. The van der Waals surface area contributed by atoms with Crippen molar-refractivity contribution in [1.29, 1.82) is 0 Å². The number of ether oxygens (including phenoxy) is 1. The topological polar surface area (TPSA) is 26.3 Å². The van der Waals surface area contributed by atoms with Crippen LogP contribution in [0, 0.1) is 11.8 Å². The number of hydrogen-bond acceptors (Lipinski definition) is 4. The van der Waals surface area contributed by atoms with Gasteiger partial charge < -0.3 is 4.74 Å². The summed E-state index contributed by atoms with van der Waals surface area (Å²) in [6.07, 6.45) is 3.74. The SMILES string of the molecule is CCCC(F)CCCCSCC#CCSCC(=O)OC. The van der Waals surface area contributed by atoms with E-state index in [1.165, 1.54) is 18.9 Å². The molecule has 1 atom stereocenters. The lowest BCUT2D eigenvalue weighted by Crippen LogP contribution is -2.03. The first-order valence-corrected chi connectivity index (χ1v) is 9.33. The van der Waals surface area contributed by atoms with Crippen LogP contribution >= 0.6 is 23.5 Å². The molecule has 0 saturated carbocycles. The molecule has 0 aliphatic carbocycles. The Morgan fingerprint density at radius 1 is 1.20 bits per heavy atom. The highest BCUT2D eigenvalue weighted by Gasteiger charge is 2.03. The Labute approximate surface area is 131 Å². The minimum Gasteiger partial charge on any atom is -0.468 e. The zero-order valence-electron chi connectivity index (χ0n) is 12.5. The summed E-state index contributed by atoms with van der Waals surface area (Å²) in [4.78, 5) is 10.8. The molecule has 20 heavy (non-hydrogen) atoms. The maximum atomic E-state index is 13.2. The van der Waals surface area contributed by atoms with Crippen LogP contribution in [0.1, 0.15) is 39.0 Å². The van der Waals surface area contributed by atoms with E-state index in [1.807, 2.05) is 6.92 Å². The van der Waals surface area contributed by atoms with Crippen LogP contribution in [-0.2, 0) is 9.53 Å². The van der Waals surface area contributed by atoms with Gasteiger partial charge in [-0.3, -0.25) is 4.79 Å². The van der Waals surface area contributed by atoms with Gasteiger partial charge in [0.05, 0.1) is 24.4 Å². The van der Waals surface area contributed by atoms with Gasteiger partial charge in [0.2, 0.25) is 0 Å². The normalized spacial score (nSPS) is 11.6. The standard InChI is InChI=1S/C15H25FO2S2/c1-3-8-14(16)9-4-5-10-19-11-6-7-12-20-13-15(17)18-2/h14H,3-5,8-13H2,1-2H3. The Balaban J connectivity index is 3.26. The van der Waals surface area contributed by atoms with Crippen molar-refractivity contribution in [3.05, 3.63) is 0 Å². The number of halogens is 1. The number of rotatable bonds is 11. The van der Waals surface area contributed by atoms with E-state index in [4.69, 9.17) is 0 Å². The van der Waals surface area contributed by atoms with E-state index in [2.05, 4.69) is 16.6 Å². The van der Waals surface area contributed by atoms with E-state index in [0.717, 1.165) is 30.8 Å². The number of carbonyl (C=O) groups is 1. The van der Waals surface area contributed by atoms with E-state index in [9.17, 15) is 9.18 Å². The molecule has 0 aliphatic rings. The second kappa shape index (κ2) is 15.1. The average molecular weight is 320 g/mol. The molecular weight excluding hydrogens is 295 g/mol. The van der Waals surface area contributed by atoms with Gasteiger partial charge in [-0.1, -0.05) is 25.2 Å². The van der Waals surface area contributed by atoms with E-state index in [-0.39, 0.29) is 5.97 Å². The molecule has 0 N–H and O–H groups in total. The van der Waals surface area contributed by atoms with Gasteiger partial charge in [-0.05, 0) is 31.4 Å². The molecule has 0 aromatic heterocycles. The lowest BCUT2D eigenvalue weighted by molar-refractivity contribution is -0.137. The number of unbranched alkanes of at least 4 members (excludes halogenated alkanes) is 1. The average Bonchev–Trinajstić information content (AvgIpc) is 2.44. The number of thioether (sulfide) groups is 2. The molecule has 116 valence electrons. The van der Waals surface area contributed by atoms with E-state index < -0.39 is 6.17 Å². The maximum Gasteiger partial charge on any atom is 0.315 e. The summed E-state index contributed by atoms with van der Waals surface area (Å²) in [7, 11) is 1.39. The van der Waals surface area contributed by atoms with Gasteiger partial charge in [-0.15, -0.1) is 23.5 Å². The number of carbonyl (C=O) groups excluding carboxylic acids is 1. The predicted molar refractivity (Wildman–Crippen MR) is 88.1 cm³/mol. The molecule has 0 radical (unpaired) electrons. The molecule has 0 fully saturated rings. The predicted octanol–water partition coefficient (Wildman–Crippen LogP) is 3.94. The molecule has 0 aromatic carbocycles. The first kappa shape index (κ1) is 19.7. The van der Waals surface area contributed by atoms with Gasteiger partial charge in [-0.2, -0.15) is 0 Å². The fraction of sp³-hybridized carbons (Fsp3) is 0.800. The largest absolute Gasteiger partial charge is 0.468 e. The van der Waals surface area contributed by atoms with Gasteiger partial charge in [0.25, 0.3) is 0 Å². The summed E-state index contributed by atoms with van der Waals surface area (Å²) < 4.78 is 17.7. The summed E-state index contributed by atoms with van der Waals surface area (Å²) in [5, 5.41) is 0. The summed E-state index contributed by atoms with van der Waals surface area (Å²) >= 11 is 3.26. The van der Waals surface area contributed by atoms with Crippen molar-refractivity contribution < 1.29 is 13.9 Å². The quantitative estimate of drug-likeness (QED) is 0.327. The van der Waals surface area contributed by atoms with E-state index >= 15 is 0 Å². The Hall–Kier alpha value is -0.340. The van der Waals surface area contributed by atoms with Crippen LogP contribution in [0.3, 0.4) is 0 Å². The first-order chi connectivity index (χ1) is 9.70. The van der Waals surface area contributed by atoms with Crippen molar-refractivity contribution in [2.75, 3.05) is 30.1 Å². The summed E-state index contributed by atoms with van der Waals surface area (Å²) in [5.41, 5.74) is 0. The molecule has 0 amide bonds. The minimum absolute atomic E-state index is 0.208. The molecular formula is C15H25FO2S2.